The summed E-state index contributed by atoms with van der Waals surface area (Å²) in [6.45, 7) is 0. The minimum atomic E-state index is -2.81. The smallest absolute Gasteiger partial charge is 0.407 e. The third-order valence-electron chi connectivity index (χ3n) is 1.46. The first-order valence-electron chi connectivity index (χ1n) is 3.81. The van der Waals surface area contributed by atoms with E-state index in [1.165, 1.54) is 0 Å². The number of ether oxygens (including phenoxy) is 1. The maximum absolute atomic E-state index is 12.2. The number of alkyl carbamates (subject to hydrolysis) is 1. The molecule has 14 heavy (non-hydrogen) atoms. The van der Waals surface area contributed by atoms with Crippen LogP contribution in [0.2, 0.25) is 0 Å². The van der Waals surface area contributed by atoms with Crippen LogP contribution >= 0.6 is 0 Å². The molecule has 0 saturated heterocycles. The lowest BCUT2D eigenvalue weighted by atomic mass is 10.1. The number of rotatable bonds is 5. The average molecular weight is 211 g/mol. The van der Waals surface area contributed by atoms with Gasteiger partial charge in [0.05, 0.1) is 13.2 Å². The van der Waals surface area contributed by atoms with Gasteiger partial charge in [-0.15, -0.1) is 0 Å². The molecule has 0 saturated carbocycles. The van der Waals surface area contributed by atoms with E-state index < -0.39 is 31.0 Å². The summed E-state index contributed by atoms with van der Waals surface area (Å²) < 4.78 is 28.5. The number of carboxylic acids is 1. The quantitative estimate of drug-likeness (QED) is 0.706. The molecule has 0 radical (unpaired) electrons. The van der Waals surface area contributed by atoms with Gasteiger partial charge in [0.2, 0.25) is 0 Å². The monoisotopic (exact) mass is 211 g/mol. The van der Waals surface area contributed by atoms with E-state index in [2.05, 4.69) is 4.74 Å². The van der Waals surface area contributed by atoms with Gasteiger partial charge in [0.1, 0.15) is 0 Å². The van der Waals surface area contributed by atoms with Crippen LogP contribution in [0.15, 0.2) is 0 Å². The third-order valence-corrected chi connectivity index (χ3v) is 1.46. The van der Waals surface area contributed by atoms with Crippen LogP contribution < -0.4 is 5.32 Å². The fourth-order valence-corrected chi connectivity index (χ4v) is 0.750. The topological polar surface area (TPSA) is 75.6 Å². The molecule has 0 aliphatic rings. The fraction of sp³-hybridized carbons (Fsp3) is 0.714. The molecule has 2 N–H and O–H groups in total. The van der Waals surface area contributed by atoms with Crippen molar-refractivity contribution in [2.24, 2.45) is 0 Å². The summed E-state index contributed by atoms with van der Waals surface area (Å²) in [6, 6.07) is -1.49. The second-order valence-corrected chi connectivity index (χ2v) is 2.51. The van der Waals surface area contributed by atoms with E-state index in [0.717, 1.165) is 7.11 Å². The Labute approximate surface area is 79.0 Å². The van der Waals surface area contributed by atoms with Gasteiger partial charge in [0, 0.05) is 6.42 Å². The van der Waals surface area contributed by atoms with E-state index in [1.807, 2.05) is 5.32 Å². The Morgan fingerprint density at radius 1 is 1.50 bits per heavy atom. The number of carbonyl (C=O) groups excluding carboxylic acids is 1. The number of nitrogens with one attached hydrogen (secondary N) is 1. The standard InChI is InChI=1S/C7H11F2NO4/c1-14-7(13)10-4(6(8)9)2-3-5(11)12/h4,6H,2-3H2,1H3,(H,10,13)(H,11,12). The Bertz CT molecular complexity index is 210. The van der Waals surface area contributed by atoms with Gasteiger partial charge in [-0.05, 0) is 6.42 Å². The van der Waals surface area contributed by atoms with Gasteiger partial charge in [0.25, 0.3) is 6.43 Å². The Balaban J connectivity index is 4.02. The lowest BCUT2D eigenvalue weighted by Gasteiger charge is -2.15. The van der Waals surface area contributed by atoms with Gasteiger partial charge in [0.15, 0.2) is 0 Å². The van der Waals surface area contributed by atoms with Crippen molar-refractivity contribution in [3.8, 4) is 0 Å². The number of carbonyl (C=O) groups is 2. The number of halogens is 2. The van der Waals surface area contributed by atoms with Crippen molar-refractivity contribution in [3.05, 3.63) is 0 Å². The normalized spacial score (nSPS) is 12.3. The molecular formula is C7H11F2NO4. The summed E-state index contributed by atoms with van der Waals surface area (Å²) in [5.74, 6) is -1.19. The zero-order chi connectivity index (χ0) is 11.1. The summed E-state index contributed by atoms with van der Waals surface area (Å²) in [7, 11) is 1.04. The molecule has 0 aliphatic heterocycles. The molecule has 0 aliphatic carbocycles. The fourth-order valence-electron chi connectivity index (χ4n) is 0.750. The maximum atomic E-state index is 12.2. The van der Waals surface area contributed by atoms with Gasteiger partial charge in [-0.3, -0.25) is 4.79 Å². The highest BCUT2D eigenvalue weighted by molar-refractivity contribution is 5.68. The minimum absolute atomic E-state index is 0.331. The summed E-state index contributed by atoms with van der Waals surface area (Å²) in [4.78, 5) is 20.7. The summed E-state index contributed by atoms with van der Waals surface area (Å²) in [6.07, 6.45) is -4.57. The van der Waals surface area contributed by atoms with Crippen molar-refractivity contribution in [3.63, 3.8) is 0 Å². The van der Waals surface area contributed by atoms with Gasteiger partial charge in [-0.25, -0.2) is 13.6 Å². The largest absolute Gasteiger partial charge is 0.481 e. The average Bonchev–Trinajstić information content (AvgIpc) is 2.10. The van der Waals surface area contributed by atoms with Crippen molar-refractivity contribution in [1.82, 2.24) is 5.32 Å². The summed E-state index contributed by atoms with van der Waals surface area (Å²) in [5, 5.41) is 10.1. The van der Waals surface area contributed by atoms with Crippen molar-refractivity contribution < 1.29 is 28.2 Å². The zero-order valence-corrected chi connectivity index (χ0v) is 7.50. The minimum Gasteiger partial charge on any atom is -0.481 e. The number of amides is 1. The molecule has 82 valence electrons. The molecule has 1 unspecified atom stereocenters. The van der Waals surface area contributed by atoms with Gasteiger partial charge < -0.3 is 15.2 Å². The number of carboxylic acid groups (broad SMARTS) is 1. The molecule has 0 aromatic heterocycles. The molecule has 0 fully saturated rings. The van der Waals surface area contributed by atoms with Crippen LogP contribution in [0.4, 0.5) is 13.6 Å². The number of methoxy groups -OCH3 is 1. The highest BCUT2D eigenvalue weighted by atomic mass is 19.3. The highest BCUT2D eigenvalue weighted by Gasteiger charge is 2.23. The van der Waals surface area contributed by atoms with E-state index in [1.54, 1.807) is 0 Å². The molecule has 0 spiro atoms. The highest BCUT2D eigenvalue weighted by Crippen LogP contribution is 2.08. The van der Waals surface area contributed by atoms with E-state index in [9.17, 15) is 18.4 Å². The van der Waals surface area contributed by atoms with Crippen LogP contribution in [0.5, 0.6) is 0 Å². The molecule has 0 heterocycles. The second-order valence-electron chi connectivity index (χ2n) is 2.51. The van der Waals surface area contributed by atoms with Crippen molar-refractivity contribution >= 4 is 12.1 Å². The predicted octanol–water partition coefficient (Wildman–Crippen LogP) is 0.841. The first kappa shape index (κ1) is 12.6. The third kappa shape index (κ3) is 5.28. The number of hydrogen-bond donors (Lipinski definition) is 2. The lowest BCUT2D eigenvalue weighted by Crippen LogP contribution is -2.40. The molecule has 1 atom stereocenters. The summed E-state index contributed by atoms with van der Waals surface area (Å²) in [5.41, 5.74) is 0. The maximum Gasteiger partial charge on any atom is 0.407 e. The van der Waals surface area contributed by atoms with Crippen molar-refractivity contribution in [2.45, 2.75) is 25.3 Å². The molecule has 0 bridgehead atoms. The Hall–Kier alpha value is -1.40. The Morgan fingerprint density at radius 2 is 2.07 bits per heavy atom. The van der Waals surface area contributed by atoms with Crippen LogP contribution in [0.25, 0.3) is 0 Å². The van der Waals surface area contributed by atoms with Crippen molar-refractivity contribution in [1.29, 1.82) is 0 Å². The number of hydrogen-bond acceptors (Lipinski definition) is 3. The van der Waals surface area contributed by atoms with Crippen molar-refractivity contribution in [2.75, 3.05) is 7.11 Å². The SMILES string of the molecule is COC(=O)NC(CCC(=O)O)C(F)F. The Kier molecular flexibility index (Phi) is 5.50. The predicted molar refractivity (Wildman–Crippen MR) is 42.2 cm³/mol. The van der Waals surface area contributed by atoms with Gasteiger partial charge in [-0.1, -0.05) is 0 Å². The molecular weight excluding hydrogens is 200 g/mol. The summed E-state index contributed by atoms with van der Waals surface area (Å²) >= 11 is 0. The first-order valence-corrected chi connectivity index (χ1v) is 3.81. The van der Waals surface area contributed by atoms with E-state index in [-0.39, 0.29) is 6.42 Å². The molecule has 7 heteroatoms. The van der Waals surface area contributed by atoms with Crippen LogP contribution in [0, 0.1) is 0 Å². The van der Waals surface area contributed by atoms with Gasteiger partial charge in [-0.2, -0.15) is 0 Å². The molecule has 0 rings (SSSR count). The lowest BCUT2D eigenvalue weighted by molar-refractivity contribution is -0.137. The van der Waals surface area contributed by atoms with E-state index >= 15 is 0 Å². The second kappa shape index (κ2) is 6.11. The molecule has 0 aromatic rings. The number of alkyl halides is 2. The zero-order valence-electron chi connectivity index (χ0n) is 7.50. The number of aliphatic carboxylic acids is 1. The van der Waals surface area contributed by atoms with E-state index in [0.29, 0.717) is 0 Å². The van der Waals surface area contributed by atoms with Gasteiger partial charge >= 0.3 is 12.1 Å². The van der Waals surface area contributed by atoms with Crippen LogP contribution in [-0.2, 0) is 9.53 Å². The molecule has 1 amide bonds. The first-order chi connectivity index (χ1) is 6.47. The van der Waals surface area contributed by atoms with E-state index in [4.69, 9.17) is 5.11 Å². The molecule has 0 aromatic carbocycles. The molecule has 5 nitrogen and oxygen atoms in total. The Morgan fingerprint density at radius 3 is 2.43 bits per heavy atom. The van der Waals surface area contributed by atoms with Crippen LogP contribution in [-0.4, -0.2) is 36.7 Å². The van der Waals surface area contributed by atoms with Crippen LogP contribution in [0.1, 0.15) is 12.8 Å². The van der Waals surface area contributed by atoms with Crippen LogP contribution in [0.3, 0.4) is 0 Å².